The second-order valence-corrected chi connectivity index (χ2v) is 9.91. The Morgan fingerprint density at radius 2 is 1.76 bits per heavy atom. The molecule has 0 unspecified atom stereocenters. The van der Waals surface area contributed by atoms with Crippen LogP contribution in [0.4, 0.5) is 5.69 Å². The Balaban J connectivity index is 1.46. The molecule has 4 aromatic rings. The topological polar surface area (TPSA) is 83.1 Å². The van der Waals surface area contributed by atoms with Gasteiger partial charge in [-0.2, -0.15) is 0 Å². The number of aromatic carboxylic acids is 1. The summed E-state index contributed by atoms with van der Waals surface area (Å²) in [6.45, 7) is 0.232. The monoisotopic (exact) mass is 548 g/mol. The molecule has 1 aliphatic heterocycles. The molecule has 0 atom stereocenters. The number of carboxylic acid groups (broad SMARTS) is 1. The van der Waals surface area contributed by atoms with Crippen LogP contribution in [0.2, 0.25) is 10.0 Å². The highest BCUT2D eigenvalue weighted by Gasteiger charge is 2.34. The molecule has 9 heteroatoms. The van der Waals surface area contributed by atoms with Crippen LogP contribution in [0.25, 0.3) is 17.4 Å². The van der Waals surface area contributed by atoms with Gasteiger partial charge in [0.1, 0.15) is 11.5 Å². The van der Waals surface area contributed by atoms with Crippen LogP contribution in [0.15, 0.2) is 99.2 Å². The molecule has 0 saturated carbocycles. The van der Waals surface area contributed by atoms with Gasteiger partial charge in [-0.3, -0.25) is 9.69 Å². The maximum absolute atomic E-state index is 13.4. The van der Waals surface area contributed by atoms with Crippen molar-refractivity contribution in [1.29, 1.82) is 0 Å². The van der Waals surface area contributed by atoms with Crippen LogP contribution in [-0.4, -0.2) is 27.1 Å². The van der Waals surface area contributed by atoms with Crippen molar-refractivity contribution in [2.75, 3.05) is 0 Å². The predicted molar refractivity (Wildman–Crippen MR) is 147 cm³/mol. The number of hydrogen-bond donors (Lipinski definition) is 1. The molecule has 184 valence electrons. The first-order chi connectivity index (χ1) is 17.9. The van der Waals surface area contributed by atoms with Gasteiger partial charge >= 0.3 is 5.97 Å². The average Bonchev–Trinajstić information content (AvgIpc) is 3.47. The summed E-state index contributed by atoms with van der Waals surface area (Å²) in [7, 11) is 0. The first-order valence-corrected chi connectivity index (χ1v) is 12.7. The molecule has 1 fully saturated rings. The van der Waals surface area contributed by atoms with E-state index < -0.39 is 5.97 Å². The van der Waals surface area contributed by atoms with Crippen LogP contribution in [0.3, 0.4) is 0 Å². The molecule has 1 aliphatic rings. The summed E-state index contributed by atoms with van der Waals surface area (Å²) >= 11 is 13.7. The SMILES string of the molecule is O=C(O)c1ccc(CN2C(=O)/C(=C/c3ccc(-c4cc(Cl)ccc4Cl)o3)SC2=Nc2ccccc2)cc1. The molecule has 1 saturated heterocycles. The van der Waals surface area contributed by atoms with Gasteiger partial charge < -0.3 is 9.52 Å². The Labute approximate surface area is 226 Å². The molecule has 3 aromatic carbocycles. The molecule has 0 aliphatic carbocycles. The van der Waals surface area contributed by atoms with Crippen molar-refractivity contribution in [3.8, 4) is 11.3 Å². The predicted octanol–water partition coefficient (Wildman–Crippen LogP) is 7.76. The number of carbonyl (C=O) groups is 2. The van der Waals surface area contributed by atoms with Crippen molar-refractivity contribution >= 4 is 63.8 Å². The quantitative estimate of drug-likeness (QED) is 0.249. The Kier molecular flexibility index (Phi) is 7.19. The smallest absolute Gasteiger partial charge is 0.335 e. The first kappa shape index (κ1) is 24.9. The normalized spacial score (nSPS) is 15.6. The number of carbonyl (C=O) groups excluding carboxylic acids is 1. The fraction of sp³-hybridized carbons (Fsp3) is 0.0357. The average molecular weight is 549 g/mol. The molecule has 1 aromatic heterocycles. The van der Waals surface area contributed by atoms with E-state index in [1.807, 2.05) is 30.3 Å². The van der Waals surface area contributed by atoms with Crippen molar-refractivity contribution in [2.24, 2.45) is 4.99 Å². The Hall–Kier alpha value is -3.78. The lowest BCUT2D eigenvalue weighted by Gasteiger charge is -2.16. The van der Waals surface area contributed by atoms with Gasteiger partial charge in [-0.25, -0.2) is 9.79 Å². The summed E-state index contributed by atoms with van der Waals surface area (Å²) < 4.78 is 5.96. The number of hydrogen-bond acceptors (Lipinski definition) is 5. The molecule has 37 heavy (non-hydrogen) atoms. The van der Waals surface area contributed by atoms with E-state index in [9.17, 15) is 9.59 Å². The molecular weight excluding hydrogens is 531 g/mol. The van der Waals surface area contributed by atoms with Crippen molar-refractivity contribution in [3.05, 3.63) is 117 Å². The van der Waals surface area contributed by atoms with Crippen molar-refractivity contribution in [1.82, 2.24) is 4.90 Å². The molecule has 0 radical (unpaired) electrons. The molecule has 6 nitrogen and oxygen atoms in total. The number of halogens is 2. The van der Waals surface area contributed by atoms with E-state index in [0.29, 0.717) is 42.9 Å². The van der Waals surface area contributed by atoms with Crippen LogP contribution < -0.4 is 0 Å². The maximum atomic E-state index is 13.4. The third kappa shape index (κ3) is 5.64. The summed E-state index contributed by atoms with van der Waals surface area (Å²) in [5.41, 5.74) is 2.32. The number of amidine groups is 1. The largest absolute Gasteiger partial charge is 0.478 e. The van der Waals surface area contributed by atoms with Crippen LogP contribution in [0.5, 0.6) is 0 Å². The zero-order valence-electron chi connectivity index (χ0n) is 19.1. The maximum Gasteiger partial charge on any atom is 0.335 e. The van der Waals surface area contributed by atoms with Gasteiger partial charge in [0.25, 0.3) is 5.91 Å². The highest BCUT2D eigenvalue weighted by Crippen LogP contribution is 2.37. The molecule has 0 bridgehead atoms. The summed E-state index contributed by atoms with van der Waals surface area (Å²) in [6.07, 6.45) is 1.67. The van der Waals surface area contributed by atoms with E-state index in [-0.39, 0.29) is 18.0 Å². The number of rotatable bonds is 6. The number of para-hydroxylation sites is 1. The van der Waals surface area contributed by atoms with E-state index in [2.05, 4.69) is 4.99 Å². The van der Waals surface area contributed by atoms with Gasteiger partial charge in [-0.1, -0.05) is 53.5 Å². The molecule has 1 N–H and O–H groups in total. The van der Waals surface area contributed by atoms with Crippen LogP contribution in [-0.2, 0) is 11.3 Å². The summed E-state index contributed by atoms with van der Waals surface area (Å²) in [6, 6.07) is 24.4. The van der Waals surface area contributed by atoms with Gasteiger partial charge in [0.05, 0.1) is 27.7 Å². The number of furan rings is 1. The number of benzene rings is 3. The highest BCUT2D eigenvalue weighted by atomic mass is 35.5. The minimum absolute atomic E-state index is 0.179. The van der Waals surface area contributed by atoms with Crippen molar-refractivity contribution in [3.63, 3.8) is 0 Å². The lowest BCUT2D eigenvalue weighted by atomic mass is 10.1. The lowest BCUT2D eigenvalue weighted by Crippen LogP contribution is -2.28. The summed E-state index contributed by atoms with van der Waals surface area (Å²) in [4.78, 5) is 31.3. The van der Waals surface area contributed by atoms with Crippen molar-refractivity contribution in [2.45, 2.75) is 6.54 Å². The third-order valence-electron chi connectivity index (χ3n) is 5.50. The number of aliphatic imine (C=N–C) groups is 1. The van der Waals surface area contributed by atoms with Gasteiger partial charge in [0, 0.05) is 16.7 Å². The van der Waals surface area contributed by atoms with E-state index in [0.717, 1.165) is 5.56 Å². The van der Waals surface area contributed by atoms with Gasteiger partial charge in [-0.15, -0.1) is 0 Å². The Morgan fingerprint density at radius 1 is 1.00 bits per heavy atom. The molecule has 1 amide bonds. The Morgan fingerprint density at radius 3 is 2.49 bits per heavy atom. The number of amides is 1. The van der Waals surface area contributed by atoms with E-state index in [4.69, 9.17) is 32.7 Å². The van der Waals surface area contributed by atoms with Crippen LogP contribution in [0, 0.1) is 0 Å². The minimum atomic E-state index is -1.01. The van der Waals surface area contributed by atoms with Gasteiger partial charge in [0.15, 0.2) is 5.17 Å². The Bertz CT molecular complexity index is 1550. The van der Waals surface area contributed by atoms with Crippen molar-refractivity contribution < 1.29 is 19.1 Å². The second kappa shape index (κ2) is 10.7. The van der Waals surface area contributed by atoms with Crippen LogP contribution in [0.1, 0.15) is 21.7 Å². The fourth-order valence-electron chi connectivity index (χ4n) is 3.67. The first-order valence-electron chi connectivity index (χ1n) is 11.1. The molecule has 5 rings (SSSR count). The minimum Gasteiger partial charge on any atom is -0.478 e. The van der Waals surface area contributed by atoms with Gasteiger partial charge in [0.2, 0.25) is 0 Å². The molecular formula is C28H18Cl2N2O4S. The zero-order valence-corrected chi connectivity index (χ0v) is 21.4. The van der Waals surface area contributed by atoms with E-state index in [1.165, 1.54) is 23.9 Å². The van der Waals surface area contributed by atoms with E-state index >= 15 is 0 Å². The summed E-state index contributed by atoms with van der Waals surface area (Å²) in [5.74, 6) is -0.231. The fourth-order valence-corrected chi connectivity index (χ4v) is 5.03. The van der Waals surface area contributed by atoms with Gasteiger partial charge in [-0.05, 0) is 71.9 Å². The van der Waals surface area contributed by atoms with E-state index in [1.54, 1.807) is 53.4 Å². The zero-order chi connectivity index (χ0) is 25.9. The number of nitrogens with zero attached hydrogens (tertiary/aromatic N) is 2. The molecule has 0 spiro atoms. The van der Waals surface area contributed by atoms with Crippen LogP contribution >= 0.6 is 35.0 Å². The number of carboxylic acids is 1. The highest BCUT2D eigenvalue weighted by molar-refractivity contribution is 8.18. The third-order valence-corrected chi connectivity index (χ3v) is 7.08. The second-order valence-electron chi connectivity index (χ2n) is 8.06. The lowest BCUT2D eigenvalue weighted by molar-refractivity contribution is -0.122. The standard InChI is InChI=1S/C28H18Cl2N2O4S/c29-19-10-12-23(30)22(14-19)24-13-11-21(36-24)15-25-26(33)32(16-17-6-8-18(9-7-17)27(34)35)28(37-25)31-20-4-2-1-3-5-20/h1-15H,16H2,(H,34,35)/b25-15-,31-28?. The number of thioether (sulfide) groups is 1. The summed E-state index contributed by atoms with van der Waals surface area (Å²) in [5, 5.41) is 10.7. The molecule has 2 heterocycles.